The first kappa shape index (κ1) is 19.3. The van der Waals surface area contributed by atoms with E-state index in [1.807, 2.05) is 23.1 Å². The van der Waals surface area contributed by atoms with Crippen molar-refractivity contribution >= 4 is 23.3 Å². The van der Waals surface area contributed by atoms with Gasteiger partial charge in [-0.1, -0.05) is 31.0 Å². The fourth-order valence-corrected chi connectivity index (χ4v) is 4.05. The zero-order valence-corrected chi connectivity index (χ0v) is 16.6. The second-order valence-electron chi connectivity index (χ2n) is 7.77. The van der Waals surface area contributed by atoms with Crippen LogP contribution in [0.15, 0.2) is 54.6 Å². The van der Waals surface area contributed by atoms with Gasteiger partial charge in [-0.2, -0.15) is 0 Å². The number of piperazine rings is 1. The van der Waals surface area contributed by atoms with Crippen LogP contribution in [0.25, 0.3) is 0 Å². The van der Waals surface area contributed by atoms with Crippen LogP contribution in [0, 0.1) is 0 Å². The first-order valence-corrected chi connectivity index (χ1v) is 10.5. The van der Waals surface area contributed by atoms with Crippen molar-refractivity contribution in [1.82, 2.24) is 10.2 Å². The molecule has 0 bridgehead atoms. The zero-order valence-electron chi connectivity index (χ0n) is 16.6. The van der Waals surface area contributed by atoms with Crippen LogP contribution in [0.1, 0.15) is 36.0 Å². The molecule has 0 radical (unpaired) electrons. The molecule has 4 rings (SSSR count). The molecule has 2 N–H and O–H groups in total. The summed E-state index contributed by atoms with van der Waals surface area (Å²) in [5.41, 5.74) is 2.53. The lowest BCUT2D eigenvalue weighted by atomic mass is 10.1. The smallest absolute Gasteiger partial charge is 0.321 e. The molecule has 2 aromatic rings. The van der Waals surface area contributed by atoms with Crippen molar-refractivity contribution in [2.45, 2.75) is 31.7 Å². The molecule has 1 heterocycles. The van der Waals surface area contributed by atoms with Gasteiger partial charge in [0.15, 0.2) is 0 Å². The Bertz CT molecular complexity index is 824. The van der Waals surface area contributed by atoms with Crippen molar-refractivity contribution in [1.29, 1.82) is 0 Å². The van der Waals surface area contributed by atoms with Crippen LogP contribution >= 0.6 is 0 Å². The van der Waals surface area contributed by atoms with Crippen LogP contribution < -0.4 is 15.5 Å². The summed E-state index contributed by atoms with van der Waals surface area (Å²) >= 11 is 0. The second-order valence-corrected chi connectivity index (χ2v) is 7.77. The minimum Gasteiger partial charge on any atom is -0.368 e. The van der Waals surface area contributed by atoms with E-state index < -0.39 is 0 Å². The van der Waals surface area contributed by atoms with Gasteiger partial charge in [-0.3, -0.25) is 4.79 Å². The van der Waals surface area contributed by atoms with E-state index in [0.29, 0.717) is 30.4 Å². The number of nitrogens with zero attached hydrogens (tertiary/aromatic N) is 2. The zero-order chi connectivity index (χ0) is 20.1. The largest absolute Gasteiger partial charge is 0.368 e. The third-order valence-electron chi connectivity index (χ3n) is 5.78. The highest BCUT2D eigenvalue weighted by atomic mass is 16.2. The van der Waals surface area contributed by atoms with Gasteiger partial charge in [0.1, 0.15) is 0 Å². The number of para-hydroxylation sites is 1. The number of amides is 3. The van der Waals surface area contributed by atoms with E-state index in [1.54, 1.807) is 24.3 Å². The van der Waals surface area contributed by atoms with Crippen molar-refractivity contribution in [3.63, 3.8) is 0 Å². The summed E-state index contributed by atoms with van der Waals surface area (Å²) in [6.07, 6.45) is 4.51. The molecule has 2 aliphatic rings. The Balaban J connectivity index is 1.27. The first-order chi connectivity index (χ1) is 14.2. The molecule has 2 aromatic carbocycles. The molecule has 29 heavy (non-hydrogen) atoms. The van der Waals surface area contributed by atoms with Gasteiger partial charge in [-0.05, 0) is 49.2 Å². The number of carbonyl (C=O) groups is 2. The van der Waals surface area contributed by atoms with E-state index in [9.17, 15) is 9.59 Å². The highest BCUT2D eigenvalue weighted by Gasteiger charge is 2.21. The van der Waals surface area contributed by atoms with Crippen molar-refractivity contribution in [3.8, 4) is 0 Å². The molecule has 6 heteroatoms. The van der Waals surface area contributed by atoms with Gasteiger partial charge in [-0.15, -0.1) is 0 Å². The quantitative estimate of drug-likeness (QED) is 0.834. The lowest BCUT2D eigenvalue weighted by Crippen LogP contribution is -2.50. The maximum Gasteiger partial charge on any atom is 0.321 e. The van der Waals surface area contributed by atoms with E-state index in [1.165, 1.54) is 18.5 Å². The van der Waals surface area contributed by atoms with Gasteiger partial charge in [0.25, 0.3) is 5.91 Å². The topological polar surface area (TPSA) is 64.7 Å². The van der Waals surface area contributed by atoms with Crippen LogP contribution in [0.5, 0.6) is 0 Å². The summed E-state index contributed by atoms with van der Waals surface area (Å²) < 4.78 is 0. The first-order valence-electron chi connectivity index (χ1n) is 10.5. The number of anilines is 2. The molecule has 152 valence electrons. The van der Waals surface area contributed by atoms with E-state index >= 15 is 0 Å². The van der Waals surface area contributed by atoms with Gasteiger partial charge in [0.2, 0.25) is 0 Å². The summed E-state index contributed by atoms with van der Waals surface area (Å²) in [5.74, 6) is -0.0354. The number of nitrogens with one attached hydrogen (secondary N) is 2. The predicted molar refractivity (Wildman–Crippen MR) is 115 cm³/mol. The molecule has 6 nitrogen and oxygen atoms in total. The minimum absolute atomic E-state index is 0.0354. The molecule has 1 aliphatic carbocycles. The third-order valence-corrected chi connectivity index (χ3v) is 5.78. The van der Waals surface area contributed by atoms with Crippen molar-refractivity contribution < 1.29 is 9.59 Å². The molecule has 2 fully saturated rings. The number of rotatable bonds is 4. The number of hydrogen-bond donors (Lipinski definition) is 2. The summed E-state index contributed by atoms with van der Waals surface area (Å²) in [4.78, 5) is 29.0. The molecule has 0 spiro atoms. The fraction of sp³-hybridized carbons (Fsp3) is 0.391. The summed E-state index contributed by atoms with van der Waals surface area (Å²) in [6.45, 7) is 3.00. The van der Waals surface area contributed by atoms with Crippen molar-refractivity contribution in [2.24, 2.45) is 0 Å². The molecular weight excluding hydrogens is 364 g/mol. The van der Waals surface area contributed by atoms with Crippen LogP contribution in [-0.4, -0.2) is 49.1 Å². The molecular formula is C23H28N4O2. The number of hydrogen-bond acceptors (Lipinski definition) is 3. The average Bonchev–Trinajstić information content (AvgIpc) is 3.28. The second kappa shape index (κ2) is 8.99. The number of carbonyl (C=O) groups excluding carboxylic acids is 2. The fourth-order valence-electron chi connectivity index (χ4n) is 4.05. The van der Waals surface area contributed by atoms with Crippen LogP contribution in [-0.2, 0) is 0 Å². The van der Waals surface area contributed by atoms with Crippen molar-refractivity contribution in [3.05, 3.63) is 60.2 Å². The Morgan fingerprint density at radius 2 is 1.48 bits per heavy atom. The van der Waals surface area contributed by atoms with E-state index in [4.69, 9.17) is 0 Å². The summed E-state index contributed by atoms with van der Waals surface area (Å²) in [5, 5.41) is 6.03. The predicted octanol–water partition coefficient (Wildman–Crippen LogP) is 3.71. The maximum atomic E-state index is 12.6. The Kier molecular flexibility index (Phi) is 5.98. The van der Waals surface area contributed by atoms with Gasteiger partial charge >= 0.3 is 6.03 Å². The van der Waals surface area contributed by atoms with Gasteiger partial charge in [-0.25, -0.2) is 4.79 Å². The lowest BCUT2D eigenvalue weighted by molar-refractivity contribution is 0.0938. The number of urea groups is 1. The van der Waals surface area contributed by atoms with Crippen LogP contribution in [0.4, 0.5) is 16.2 Å². The van der Waals surface area contributed by atoms with Crippen molar-refractivity contribution in [2.75, 3.05) is 36.4 Å². The van der Waals surface area contributed by atoms with E-state index in [-0.39, 0.29) is 11.9 Å². The minimum atomic E-state index is -0.0964. The lowest BCUT2D eigenvalue weighted by Gasteiger charge is -2.36. The molecule has 1 saturated carbocycles. The monoisotopic (exact) mass is 392 g/mol. The number of benzene rings is 2. The summed E-state index contributed by atoms with van der Waals surface area (Å²) in [7, 11) is 0. The Morgan fingerprint density at radius 3 is 2.14 bits per heavy atom. The van der Waals surface area contributed by atoms with Gasteiger partial charge in [0, 0.05) is 49.2 Å². The third kappa shape index (κ3) is 4.88. The molecule has 1 aliphatic heterocycles. The molecule has 0 atom stereocenters. The SMILES string of the molecule is O=C(NC1CCCC1)c1ccc(NC(=O)N2CCN(c3ccccc3)CC2)cc1. The van der Waals surface area contributed by atoms with E-state index in [2.05, 4.69) is 27.7 Å². The Hall–Kier alpha value is -3.02. The van der Waals surface area contributed by atoms with Crippen LogP contribution in [0.2, 0.25) is 0 Å². The standard InChI is InChI=1S/C23H28N4O2/c28-22(24-19-6-4-5-7-19)18-10-12-20(13-11-18)25-23(29)27-16-14-26(15-17-27)21-8-2-1-3-9-21/h1-3,8-13,19H,4-7,14-17H2,(H,24,28)(H,25,29). The van der Waals surface area contributed by atoms with Gasteiger partial charge in [0.05, 0.1) is 0 Å². The molecule has 3 amide bonds. The normalized spacial score (nSPS) is 17.2. The highest BCUT2D eigenvalue weighted by Crippen LogP contribution is 2.19. The summed E-state index contributed by atoms with van der Waals surface area (Å²) in [6, 6.07) is 17.6. The highest BCUT2D eigenvalue weighted by molar-refractivity contribution is 5.95. The molecule has 0 unspecified atom stereocenters. The Labute approximate surface area is 171 Å². The molecule has 1 saturated heterocycles. The average molecular weight is 393 g/mol. The Morgan fingerprint density at radius 1 is 0.828 bits per heavy atom. The molecule has 0 aromatic heterocycles. The van der Waals surface area contributed by atoms with E-state index in [0.717, 1.165) is 25.9 Å². The van der Waals surface area contributed by atoms with Gasteiger partial charge < -0.3 is 20.4 Å². The maximum absolute atomic E-state index is 12.6. The van der Waals surface area contributed by atoms with Crippen LogP contribution in [0.3, 0.4) is 0 Å².